The van der Waals surface area contributed by atoms with Crippen molar-refractivity contribution in [3.8, 4) is 0 Å². The van der Waals surface area contributed by atoms with Crippen LogP contribution >= 0.6 is 11.6 Å². The Bertz CT molecular complexity index is 1250. The number of halogens is 1. The van der Waals surface area contributed by atoms with Crippen molar-refractivity contribution in [2.24, 2.45) is 0 Å². The molecule has 6 rings (SSSR count). The zero-order valence-electron chi connectivity index (χ0n) is 18.2. The SMILES string of the molecule is O=C(c1cccc(N2C(=O)[C@@]3(C[C@@H]3c3ccc(Cl)cc3)c3ccccc32)c1)N1CC[NH2+]CC1. The maximum atomic E-state index is 14.0. The molecule has 3 aromatic carbocycles. The van der Waals surface area contributed by atoms with E-state index in [-0.39, 0.29) is 17.7 Å². The van der Waals surface area contributed by atoms with Crippen LogP contribution in [0.5, 0.6) is 0 Å². The van der Waals surface area contributed by atoms with Crippen molar-refractivity contribution >= 4 is 34.8 Å². The van der Waals surface area contributed by atoms with E-state index in [1.807, 2.05) is 76.5 Å². The average molecular weight is 459 g/mol. The van der Waals surface area contributed by atoms with E-state index in [1.165, 1.54) is 0 Å². The highest BCUT2D eigenvalue weighted by atomic mass is 35.5. The molecule has 0 unspecified atom stereocenters. The van der Waals surface area contributed by atoms with Crippen molar-refractivity contribution in [2.75, 3.05) is 31.1 Å². The van der Waals surface area contributed by atoms with E-state index < -0.39 is 5.41 Å². The summed E-state index contributed by atoms with van der Waals surface area (Å²) >= 11 is 6.09. The summed E-state index contributed by atoms with van der Waals surface area (Å²) in [5, 5.41) is 2.92. The van der Waals surface area contributed by atoms with Gasteiger partial charge in [-0.1, -0.05) is 48.0 Å². The number of piperazine rings is 1. The molecule has 3 aliphatic rings. The number of benzene rings is 3. The molecule has 1 saturated heterocycles. The molecule has 6 heteroatoms. The molecule has 2 N–H and O–H groups in total. The van der Waals surface area contributed by atoms with E-state index in [9.17, 15) is 9.59 Å². The largest absolute Gasteiger partial charge is 0.343 e. The molecule has 2 fully saturated rings. The van der Waals surface area contributed by atoms with Crippen LogP contribution in [-0.2, 0) is 10.2 Å². The van der Waals surface area contributed by atoms with Crippen LogP contribution in [0.4, 0.5) is 11.4 Å². The van der Waals surface area contributed by atoms with Crippen LogP contribution in [-0.4, -0.2) is 42.9 Å². The smallest absolute Gasteiger partial charge is 0.254 e. The number of anilines is 2. The molecule has 2 heterocycles. The van der Waals surface area contributed by atoms with Gasteiger partial charge >= 0.3 is 0 Å². The Kier molecular flexibility index (Phi) is 4.78. The van der Waals surface area contributed by atoms with Crippen LogP contribution in [0.15, 0.2) is 72.8 Å². The number of hydrogen-bond donors (Lipinski definition) is 1. The number of rotatable bonds is 3. The molecule has 166 valence electrons. The highest BCUT2D eigenvalue weighted by Gasteiger charge is 2.67. The summed E-state index contributed by atoms with van der Waals surface area (Å²) in [5.74, 6) is 0.244. The normalized spacial score (nSPS) is 23.7. The maximum absolute atomic E-state index is 14.0. The zero-order valence-corrected chi connectivity index (χ0v) is 19.0. The minimum absolute atomic E-state index is 0.0325. The van der Waals surface area contributed by atoms with Crippen molar-refractivity contribution in [2.45, 2.75) is 17.8 Å². The van der Waals surface area contributed by atoms with Gasteiger partial charge in [0.25, 0.3) is 5.91 Å². The lowest BCUT2D eigenvalue weighted by Crippen LogP contribution is -2.89. The molecule has 1 spiro atoms. The molecule has 2 amide bonds. The standard InChI is InChI=1S/C27H24ClN3O2/c28-20-10-8-18(9-11-20)23-17-27(23)22-6-1-2-7-24(22)31(26(27)33)21-5-3-4-19(16-21)25(32)30-14-12-29-13-15-30/h1-11,16,23,29H,12-15,17H2/p+1/t23-,27+/m1/s1. The first-order valence-corrected chi connectivity index (χ1v) is 11.9. The predicted molar refractivity (Wildman–Crippen MR) is 128 cm³/mol. The molecule has 5 nitrogen and oxygen atoms in total. The highest BCUT2D eigenvalue weighted by molar-refractivity contribution is 6.30. The van der Waals surface area contributed by atoms with Gasteiger partial charge in [0.2, 0.25) is 5.91 Å². The fourth-order valence-electron chi connectivity index (χ4n) is 5.53. The van der Waals surface area contributed by atoms with Crippen molar-refractivity contribution in [3.63, 3.8) is 0 Å². The van der Waals surface area contributed by atoms with Gasteiger partial charge in [-0.15, -0.1) is 0 Å². The van der Waals surface area contributed by atoms with Gasteiger partial charge < -0.3 is 10.2 Å². The molecule has 2 atom stereocenters. The van der Waals surface area contributed by atoms with E-state index in [1.54, 1.807) is 0 Å². The lowest BCUT2D eigenvalue weighted by atomic mass is 9.92. The molecular formula is C27H25ClN3O2+. The molecule has 2 aliphatic heterocycles. The summed E-state index contributed by atoms with van der Waals surface area (Å²) in [4.78, 5) is 30.8. The molecular weight excluding hydrogens is 434 g/mol. The van der Waals surface area contributed by atoms with Crippen LogP contribution in [0.2, 0.25) is 5.02 Å². The van der Waals surface area contributed by atoms with E-state index in [4.69, 9.17) is 11.6 Å². The lowest BCUT2D eigenvalue weighted by molar-refractivity contribution is -0.661. The van der Waals surface area contributed by atoms with E-state index in [0.717, 1.165) is 55.1 Å². The quantitative estimate of drug-likeness (QED) is 0.653. The van der Waals surface area contributed by atoms with Gasteiger partial charge in [-0.25, -0.2) is 0 Å². The lowest BCUT2D eigenvalue weighted by Gasteiger charge is -2.26. The summed E-state index contributed by atoms with van der Waals surface area (Å²) in [6, 6.07) is 23.4. The Balaban J connectivity index is 1.37. The third-order valence-electron chi connectivity index (χ3n) is 7.29. The van der Waals surface area contributed by atoms with Gasteiger partial charge in [-0.3, -0.25) is 14.5 Å². The number of carbonyl (C=O) groups excluding carboxylic acids is 2. The van der Waals surface area contributed by atoms with Gasteiger partial charge in [0.15, 0.2) is 0 Å². The number of nitrogens with zero attached hydrogens (tertiary/aromatic N) is 2. The maximum Gasteiger partial charge on any atom is 0.254 e. The van der Waals surface area contributed by atoms with Gasteiger partial charge in [0.1, 0.15) is 0 Å². The first-order chi connectivity index (χ1) is 16.1. The van der Waals surface area contributed by atoms with E-state index in [0.29, 0.717) is 10.6 Å². The molecule has 0 aromatic heterocycles. The summed E-state index contributed by atoms with van der Waals surface area (Å²) in [6.07, 6.45) is 0.782. The third kappa shape index (κ3) is 3.18. The summed E-state index contributed by atoms with van der Waals surface area (Å²) < 4.78 is 0. The molecule has 1 saturated carbocycles. The van der Waals surface area contributed by atoms with E-state index in [2.05, 4.69) is 11.4 Å². The number of nitrogens with two attached hydrogens (primary N) is 1. The van der Waals surface area contributed by atoms with Gasteiger partial charge in [-0.05, 0) is 53.9 Å². The predicted octanol–water partition coefficient (Wildman–Crippen LogP) is 3.46. The van der Waals surface area contributed by atoms with Crippen LogP contribution < -0.4 is 10.2 Å². The number of quaternary nitrogens is 1. The summed E-state index contributed by atoms with van der Waals surface area (Å²) in [5.41, 5.74) is 3.95. The van der Waals surface area contributed by atoms with Crippen molar-refractivity contribution in [1.82, 2.24) is 4.90 Å². The van der Waals surface area contributed by atoms with Crippen LogP contribution in [0, 0.1) is 0 Å². The van der Waals surface area contributed by atoms with Crippen LogP contribution in [0.1, 0.15) is 33.8 Å². The first-order valence-electron chi connectivity index (χ1n) is 11.5. The number of amides is 2. The zero-order chi connectivity index (χ0) is 22.6. The summed E-state index contributed by atoms with van der Waals surface area (Å²) in [6.45, 7) is 3.36. The number of hydrogen-bond acceptors (Lipinski definition) is 2. The Hall–Kier alpha value is -3.15. The number of para-hydroxylation sites is 1. The Morgan fingerprint density at radius 1 is 0.970 bits per heavy atom. The first kappa shape index (κ1) is 20.5. The van der Waals surface area contributed by atoms with Gasteiger partial charge in [0.05, 0.1) is 37.3 Å². The minimum Gasteiger partial charge on any atom is -0.343 e. The second-order valence-corrected chi connectivity index (χ2v) is 9.58. The molecule has 0 bridgehead atoms. The second-order valence-electron chi connectivity index (χ2n) is 9.15. The minimum atomic E-state index is -0.548. The number of carbonyl (C=O) groups is 2. The number of fused-ring (bicyclic) bond motifs is 2. The van der Waals surface area contributed by atoms with Gasteiger partial charge in [0, 0.05) is 22.2 Å². The fraction of sp³-hybridized carbons (Fsp3) is 0.259. The molecule has 33 heavy (non-hydrogen) atoms. The monoisotopic (exact) mass is 458 g/mol. The average Bonchev–Trinajstić information content (AvgIpc) is 3.56. The third-order valence-corrected chi connectivity index (χ3v) is 7.54. The Morgan fingerprint density at radius 2 is 1.73 bits per heavy atom. The van der Waals surface area contributed by atoms with Gasteiger partial charge in [-0.2, -0.15) is 0 Å². The van der Waals surface area contributed by atoms with E-state index >= 15 is 0 Å². The van der Waals surface area contributed by atoms with Crippen molar-refractivity contribution < 1.29 is 14.9 Å². The topological polar surface area (TPSA) is 57.2 Å². The van der Waals surface area contributed by atoms with Crippen LogP contribution in [0.3, 0.4) is 0 Å². The summed E-state index contributed by atoms with van der Waals surface area (Å²) in [7, 11) is 0. The Labute approximate surface area is 198 Å². The van der Waals surface area contributed by atoms with Crippen LogP contribution in [0.25, 0.3) is 0 Å². The van der Waals surface area contributed by atoms with Crippen molar-refractivity contribution in [1.29, 1.82) is 0 Å². The Morgan fingerprint density at radius 3 is 2.52 bits per heavy atom. The molecule has 3 aromatic rings. The molecule has 0 radical (unpaired) electrons. The fourth-order valence-corrected chi connectivity index (χ4v) is 5.66. The molecule has 1 aliphatic carbocycles. The second kappa shape index (κ2) is 7.72. The highest BCUT2D eigenvalue weighted by Crippen LogP contribution is 2.67. The van der Waals surface area contributed by atoms with Crippen molar-refractivity contribution in [3.05, 3.63) is 94.5 Å².